The van der Waals surface area contributed by atoms with Crippen LogP contribution in [0.1, 0.15) is 84.3 Å². The molecule has 0 radical (unpaired) electrons. The lowest BCUT2D eigenvalue weighted by Crippen LogP contribution is -2.35. The lowest BCUT2D eigenvalue weighted by atomic mass is 9.72. The standard InChI is InChI=1S/C36H34F7NO4/c1-19-12-22(32(45)47-5)6-8-27(19)29-15-21(7-9-30(29)37)28-10-11-34(3,4)17-24(28)18-44-20(2)31(48-33(44)46)23-13-25(35(38,39)40)16-26(14-23)36(41,42)43/h6-9,12-16,20,31H,10-11,17-18H2,1-5H3/t20-,31-/m0/s1. The van der Waals surface area contributed by atoms with Crippen molar-refractivity contribution in [3.63, 3.8) is 0 Å². The topological polar surface area (TPSA) is 55.8 Å². The average molecular weight is 678 g/mol. The maximum Gasteiger partial charge on any atom is 0.416 e. The largest absolute Gasteiger partial charge is 0.465 e. The Morgan fingerprint density at radius 3 is 2.19 bits per heavy atom. The van der Waals surface area contributed by atoms with Crippen LogP contribution in [-0.2, 0) is 21.8 Å². The quantitative estimate of drug-likeness (QED) is 0.193. The van der Waals surface area contributed by atoms with Crippen molar-refractivity contribution in [3.05, 3.63) is 99.4 Å². The molecule has 0 N–H and O–H groups in total. The Morgan fingerprint density at radius 2 is 1.60 bits per heavy atom. The van der Waals surface area contributed by atoms with Gasteiger partial charge in [-0.15, -0.1) is 0 Å². The van der Waals surface area contributed by atoms with Crippen molar-refractivity contribution in [3.8, 4) is 11.1 Å². The number of esters is 1. The number of carbonyl (C=O) groups is 2. The Balaban J connectivity index is 1.52. The second kappa shape index (κ2) is 12.6. The van der Waals surface area contributed by atoms with Crippen molar-refractivity contribution >= 4 is 17.6 Å². The van der Waals surface area contributed by atoms with Gasteiger partial charge in [-0.3, -0.25) is 4.90 Å². The number of alkyl halides is 6. The van der Waals surface area contributed by atoms with Crippen LogP contribution in [0.5, 0.6) is 0 Å². The molecule has 0 unspecified atom stereocenters. The van der Waals surface area contributed by atoms with E-state index in [-0.39, 0.29) is 18.0 Å². The number of benzene rings is 3. The smallest absolute Gasteiger partial charge is 0.416 e. The summed E-state index contributed by atoms with van der Waals surface area (Å²) in [5, 5.41) is 0. The van der Waals surface area contributed by atoms with Gasteiger partial charge in [0, 0.05) is 12.1 Å². The van der Waals surface area contributed by atoms with E-state index in [0.29, 0.717) is 52.8 Å². The lowest BCUT2D eigenvalue weighted by Gasteiger charge is -2.35. The molecule has 1 fully saturated rings. The second-order valence-electron chi connectivity index (χ2n) is 13.2. The predicted octanol–water partition coefficient (Wildman–Crippen LogP) is 10.2. The molecule has 1 amide bonds. The highest BCUT2D eigenvalue weighted by Crippen LogP contribution is 2.46. The summed E-state index contributed by atoms with van der Waals surface area (Å²) >= 11 is 0. The van der Waals surface area contributed by atoms with Gasteiger partial charge in [-0.25, -0.2) is 14.0 Å². The summed E-state index contributed by atoms with van der Waals surface area (Å²) in [6.07, 6.45) is -10.5. The highest BCUT2D eigenvalue weighted by Gasteiger charge is 2.44. The molecule has 5 rings (SSSR count). The Hall–Kier alpha value is -4.35. The van der Waals surface area contributed by atoms with Gasteiger partial charge in [0.1, 0.15) is 11.9 Å². The molecular formula is C36H34F7NO4. The number of aryl methyl sites for hydroxylation is 1. The number of hydrogen-bond acceptors (Lipinski definition) is 4. The zero-order valence-corrected chi connectivity index (χ0v) is 26.9. The van der Waals surface area contributed by atoms with E-state index in [0.717, 1.165) is 17.6 Å². The number of methoxy groups -OCH3 is 1. The van der Waals surface area contributed by atoms with E-state index in [1.54, 1.807) is 37.3 Å². The van der Waals surface area contributed by atoms with Crippen LogP contribution in [0, 0.1) is 18.2 Å². The highest BCUT2D eigenvalue weighted by atomic mass is 19.4. The van der Waals surface area contributed by atoms with Crippen LogP contribution >= 0.6 is 0 Å². The third kappa shape index (κ3) is 7.07. The maximum atomic E-state index is 15.3. The summed E-state index contributed by atoms with van der Waals surface area (Å²) in [4.78, 5) is 26.5. The molecule has 1 aliphatic carbocycles. The average Bonchev–Trinajstić information content (AvgIpc) is 3.28. The molecule has 2 atom stereocenters. The number of amides is 1. The third-order valence-corrected chi connectivity index (χ3v) is 9.11. The zero-order chi connectivity index (χ0) is 35.3. The van der Waals surface area contributed by atoms with Gasteiger partial charge in [0.05, 0.1) is 29.8 Å². The number of allylic oxidation sites excluding steroid dienone is 1. The summed E-state index contributed by atoms with van der Waals surface area (Å²) in [7, 11) is 1.27. The number of cyclic esters (lactones) is 1. The number of rotatable bonds is 6. The molecule has 48 heavy (non-hydrogen) atoms. The fourth-order valence-electron chi connectivity index (χ4n) is 6.55. The van der Waals surface area contributed by atoms with E-state index in [4.69, 9.17) is 9.47 Å². The number of ether oxygens (including phenoxy) is 2. The van der Waals surface area contributed by atoms with Gasteiger partial charge >= 0.3 is 24.4 Å². The number of halogens is 7. The fourth-order valence-corrected chi connectivity index (χ4v) is 6.55. The van der Waals surface area contributed by atoms with Crippen molar-refractivity contribution in [2.75, 3.05) is 13.7 Å². The van der Waals surface area contributed by atoms with Gasteiger partial charge < -0.3 is 9.47 Å². The molecule has 256 valence electrons. The first kappa shape index (κ1) is 35.0. The molecule has 0 bridgehead atoms. The molecule has 0 spiro atoms. The molecule has 1 heterocycles. The number of carbonyl (C=O) groups excluding carboxylic acids is 2. The van der Waals surface area contributed by atoms with Crippen molar-refractivity contribution in [1.29, 1.82) is 0 Å². The summed E-state index contributed by atoms with van der Waals surface area (Å²) in [5.74, 6) is -1.01. The van der Waals surface area contributed by atoms with E-state index >= 15 is 4.39 Å². The van der Waals surface area contributed by atoms with E-state index in [9.17, 15) is 35.9 Å². The Kier molecular flexibility index (Phi) is 9.17. The molecule has 3 aromatic carbocycles. The molecular weight excluding hydrogens is 643 g/mol. The summed E-state index contributed by atoms with van der Waals surface area (Å²) in [6.45, 7) is 7.40. The minimum absolute atomic E-state index is 0.0138. The van der Waals surface area contributed by atoms with Gasteiger partial charge in [-0.1, -0.05) is 26.0 Å². The van der Waals surface area contributed by atoms with Gasteiger partial charge in [0.15, 0.2) is 0 Å². The molecule has 2 aliphatic rings. The van der Waals surface area contributed by atoms with Crippen LogP contribution in [0.15, 0.2) is 60.2 Å². The first-order valence-electron chi connectivity index (χ1n) is 15.3. The Morgan fingerprint density at radius 1 is 0.958 bits per heavy atom. The van der Waals surface area contributed by atoms with Gasteiger partial charge in [-0.05, 0) is 114 Å². The molecule has 12 heteroatoms. The molecule has 5 nitrogen and oxygen atoms in total. The highest BCUT2D eigenvalue weighted by molar-refractivity contribution is 5.90. The van der Waals surface area contributed by atoms with Crippen LogP contribution in [0.3, 0.4) is 0 Å². The minimum Gasteiger partial charge on any atom is -0.465 e. The SMILES string of the molecule is COC(=O)c1ccc(-c2cc(C3=C(CN4C(=O)O[C@H](c5cc(C(F)(F)F)cc(C(F)(F)F)c5)[C@@H]4C)CC(C)(C)CC3)ccc2F)c(C)c1. The van der Waals surface area contributed by atoms with E-state index in [2.05, 4.69) is 13.8 Å². The number of hydrogen-bond donors (Lipinski definition) is 0. The van der Waals surface area contributed by atoms with Gasteiger partial charge in [0.2, 0.25) is 0 Å². The molecule has 3 aromatic rings. The van der Waals surface area contributed by atoms with Crippen molar-refractivity contribution in [1.82, 2.24) is 4.90 Å². The van der Waals surface area contributed by atoms with Crippen LogP contribution in [0.4, 0.5) is 35.5 Å². The van der Waals surface area contributed by atoms with Crippen LogP contribution in [-0.4, -0.2) is 36.7 Å². The monoisotopic (exact) mass is 677 g/mol. The van der Waals surface area contributed by atoms with E-state index in [1.807, 2.05) is 0 Å². The van der Waals surface area contributed by atoms with E-state index in [1.165, 1.54) is 25.0 Å². The Labute approximate surface area is 273 Å². The van der Waals surface area contributed by atoms with Crippen LogP contribution < -0.4 is 0 Å². The summed E-state index contributed by atoms with van der Waals surface area (Å²) in [6, 6.07) is 9.80. The fraction of sp³-hybridized carbons (Fsp3) is 0.389. The molecule has 1 saturated heterocycles. The van der Waals surface area contributed by atoms with Crippen molar-refractivity contribution in [2.45, 2.75) is 71.5 Å². The lowest BCUT2D eigenvalue weighted by molar-refractivity contribution is -0.143. The van der Waals surface area contributed by atoms with Gasteiger partial charge in [-0.2, -0.15) is 26.3 Å². The first-order valence-corrected chi connectivity index (χ1v) is 15.3. The van der Waals surface area contributed by atoms with Crippen LogP contribution in [0.25, 0.3) is 16.7 Å². The Bertz CT molecular complexity index is 1760. The van der Waals surface area contributed by atoms with E-state index < -0.39 is 59.1 Å². The number of nitrogens with zero attached hydrogens (tertiary/aromatic N) is 1. The minimum atomic E-state index is -5.05. The zero-order valence-electron chi connectivity index (χ0n) is 26.9. The molecule has 1 aliphatic heterocycles. The van der Waals surface area contributed by atoms with Crippen LogP contribution in [0.2, 0.25) is 0 Å². The van der Waals surface area contributed by atoms with Crippen molar-refractivity contribution in [2.24, 2.45) is 5.41 Å². The summed E-state index contributed by atoms with van der Waals surface area (Å²) in [5.41, 5.74) is 0.662. The summed E-state index contributed by atoms with van der Waals surface area (Å²) < 4.78 is 107. The van der Waals surface area contributed by atoms with Gasteiger partial charge in [0.25, 0.3) is 0 Å². The third-order valence-electron chi connectivity index (χ3n) is 9.11. The van der Waals surface area contributed by atoms with Crippen molar-refractivity contribution < 1.29 is 49.8 Å². The maximum absolute atomic E-state index is 15.3. The normalized spacial score (nSPS) is 19.8. The molecule has 0 aromatic heterocycles. The molecule has 0 saturated carbocycles. The first-order chi connectivity index (χ1) is 22.3. The second-order valence-corrected chi connectivity index (χ2v) is 13.2. The predicted molar refractivity (Wildman–Crippen MR) is 164 cm³/mol.